The molecule has 1 atom stereocenters. The molecular weight excluding hydrogens is 370 g/mol. The van der Waals surface area contributed by atoms with E-state index in [1.54, 1.807) is 6.07 Å². The van der Waals surface area contributed by atoms with Gasteiger partial charge in [-0.05, 0) is 35.0 Å². The van der Waals surface area contributed by atoms with Crippen molar-refractivity contribution in [3.8, 4) is 11.5 Å². The number of ether oxygens (including phenoxy) is 3. The molecule has 7 nitrogen and oxygen atoms in total. The Morgan fingerprint density at radius 3 is 2.57 bits per heavy atom. The molecule has 0 bridgehead atoms. The quantitative estimate of drug-likeness (QED) is 0.671. The first kappa shape index (κ1) is 19.2. The number of halogens is 1. The summed E-state index contributed by atoms with van der Waals surface area (Å²) in [6.07, 6.45) is 0.174. The number of rotatable bonds is 9. The lowest BCUT2D eigenvalue weighted by Gasteiger charge is -2.16. The second-order valence-electron chi connectivity index (χ2n) is 4.57. The molecule has 2 N–H and O–H groups in total. The van der Waals surface area contributed by atoms with E-state index in [9.17, 15) is 9.59 Å². The van der Waals surface area contributed by atoms with Crippen molar-refractivity contribution >= 4 is 27.8 Å². The highest BCUT2D eigenvalue weighted by atomic mass is 79.9. The molecule has 8 heteroatoms. The summed E-state index contributed by atoms with van der Waals surface area (Å²) in [5.74, 6) is -0.765. The van der Waals surface area contributed by atoms with Crippen molar-refractivity contribution in [1.29, 1.82) is 0 Å². The van der Waals surface area contributed by atoms with Gasteiger partial charge in [0.15, 0.2) is 11.5 Å². The monoisotopic (exact) mass is 389 g/mol. The zero-order valence-electron chi connectivity index (χ0n) is 13.2. The first-order valence-electron chi connectivity index (χ1n) is 6.97. The number of hydrogen-bond donors (Lipinski definition) is 2. The first-order valence-corrected chi connectivity index (χ1v) is 7.76. The normalized spacial score (nSPS) is 11.7. The van der Waals surface area contributed by atoms with Gasteiger partial charge in [-0.1, -0.05) is 0 Å². The maximum Gasteiger partial charge on any atom is 0.326 e. The molecule has 0 radical (unpaired) electrons. The van der Waals surface area contributed by atoms with Crippen LogP contribution in [0.1, 0.15) is 23.7 Å². The molecule has 1 unspecified atom stereocenters. The van der Waals surface area contributed by atoms with Crippen LogP contribution >= 0.6 is 15.9 Å². The lowest BCUT2D eigenvalue weighted by atomic mass is 10.1. The van der Waals surface area contributed by atoms with Gasteiger partial charge in [0.2, 0.25) is 0 Å². The number of nitrogens with one attached hydrogen (secondary N) is 1. The van der Waals surface area contributed by atoms with Crippen LogP contribution in [0.15, 0.2) is 16.6 Å². The zero-order valence-corrected chi connectivity index (χ0v) is 14.8. The minimum absolute atomic E-state index is 0.174. The molecule has 0 heterocycles. The number of carboxylic acids is 1. The van der Waals surface area contributed by atoms with Gasteiger partial charge in [-0.25, -0.2) is 4.79 Å². The summed E-state index contributed by atoms with van der Waals surface area (Å²) >= 11 is 3.32. The Bertz CT molecular complexity index is 563. The number of methoxy groups -OCH3 is 2. The van der Waals surface area contributed by atoms with Crippen LogP contribution in [-0.2, 0) is 9.53 Å². The predicted octanol–water partition coefficient (Wildman–Crippen LogP) is 2.08. The summed E-state index contributed by atoms with van der Waals surface area (Å²) in [6, 6.07) is 2.03. The number of carbonyl (C=O) groups excluding carboxylic acids is 1. The van der Waals surface area contributed by atoms with Crippen molar-refractivity contribution in [1.82, 2.24) is 5.32 Å². The first-order chi connectivity index (χ1) is 10.9. The third kappa shape index (κ3) is 5.40. The molecule has 0 aliphatic rings. The number of carbonyl (C=O) groups is 2. The van der Waals surface area contributed by atoms with Crippen LogP contribution in [0.4, 0.5) is 0 Å². The SMILES string of the molecule is CCOc1c(Br)cc(C(=O)NC(CCOC)C(=O)O)cc1OC. The van der Waals surface area contributed by atoms with E-state index in [1.807, 2.05) is 6.92 Å². The standard InChI is InChI=1S/C15H20BrNO6/c1-4-23-13-10(16)7-9(8-12(13)22-3)14(18)17-11(15(19)20)5-6-21-2/h7-8,11H,4-6H2,1-3H3,(H,17,18)(H,19,20). The molecule has 0 aliphatic heterocycles. The van der Waals surface area contributed by atoms with E-state index in [4.69, 9.17) is 19.3 Å². The highest BCUT2D eigenvalue weighted by molar-refractivity contribution is 9.10. The third-order valence-corrected chi connectivity index (χ3v) is 3.58. The molecule has 23 heavy (non-hydrogen) atoms. The average Bonchev–Trinajstić information content (AvgIpc) is 2.52. The van der Waals surface area contributed by atoms with Gasteiger partial charge in [-0.2, -0.15) is 0 Å². The third-order valence-electron chi connectivity index (χ3n) is 2.99. The lowest BCUT2D eigenvalue weighted by molar-refractivity contribution is -0.139. The molecule has 1 rings (SSSR count). The van der Waals surface area contributed by atoms with Gasteiger partial charge in [-0.15, -0.1) is 0 Å². The average molecular weight is 390 g/mol. The Labute approximate surface area is 143 Å². The smallest absolute Gasteiger partial charge is 0.326 e. The van der Waals surface area contributed by atoms with Crippen LogP contribution in [0.25, 0.3) is 0 Å². The molecule has 0 aliphatic carbocycles. The Balaban J connectivity index is 2.98. The van der Waals surface area contributed by atoms with Crippen molar-refractivity contribution in [3.63, 3.8) is 0 Å². The second-order valence-corrected chi connectivity index (χ2v) is 5.42. The fourth-order valence-electron chi connectivity index (χ4n) is 1.87. The number of aliphatic carboxylic acids is 1. The van der Waals surface area contributed by atoms with E-state index in [0.29, 0.717) is 22.6 Å². The largest absolute Gasteiger partial charge is 0.493 e. The Morgan fingerprint density at radius 2 is 2.04 bits per heavy atom. The predicted molar refractivity (Wildman–Crippen MR) is 87.2 cm³/mol. The van der Waals surface area contributed by atoms with Gasteiger partial charge in [0, 0.05) is 25.7 Å². The van der Waals surface area contributed by atoms with E-state index in [-0.39, 0.29) is 18.6 Å². The van der Waals surface area contributed by atoms with Crippen LogP contribution in [0.2, 0.25) is 0 Å². The van der Waals surface area contributed by atoms with Crippen LogP contribution in [-0.4, -0.2) is 50.5 Å². The molecule has 1 aromatic rings. The van der Waals surface area contributed by atoms with E-state index in [1.165, 1.54) is 20.3 Å². The van der Waals surface area contributed by atoms with Crippen molar-refractivity contribution in [2.24, 2.45) is 0 Å². The highest BCUT2D eigenvalue weighted by Crippen LogP contribution is 2.36. The van der Waals surface area contributed by atoms with Gasteiger partial charge in [-0.3, -0.25) is 4.79 Å². The van der Waals surface area contributed by atoms with Gasteiger partial charge in [0.25, 0.3) is 5.91 Å². The van der Waals surface area contributed by atoms with Gasteiger partial charge < -0.3 is 24.6 Å². The van der Waals surface area contributed by atoms with Crippen LogP contribution in [0.3, 0.4) is 0 Å². The Morgan fingerprint density at radius 1 is 1.35 bits per heavy atom. The van der Waals surface area contributed by atoms with Crippen molar-refractivity contribution in [2.45, 2.75) is 19.4 Å². The molecule has 1 amide bonds. The van der Waals surface area contributed by atoms with E-state index >= 15 is 0 Å². The number of hydrogen-bond acceptors (Lipinski definition) is 5. The summed E-state index contributed by atoms with van der Waals surface area (Å²) in [5.41, 5.74) is 0.265. The molecule has 0 spiro atoms. The molecule has 128 valence electrons. The number of carboxylic acid groups (broad SMARTS) is 1. The van der Waals surface area contributed by atoms with Gasteiger partial charge >= 0.3 is 5.97 Å². The fourth-order valence-corrected chi connectivity index (χ4v) is 2.43. The van der Waals surface area contributed by atoms with Crippen molar-refractivity contribution in [2.75, 3.05) is 27.4 Å². The van der Waals surface area contributed by atoms with E-state index in [2.05, 4.69) is 21.2 Å². The van der Waals surface area contributed by atoms with E-state index in [0.717, 1.165) is 0 Å². The minimum atomic E-state index is -1.12. The number of amides is 1. The maximum atomic E-state index is 12.3. The molecule has 1 aromatic carbocycles. The van der Waals surface area contributed by atoms with Gasteiger partial charge in [0.05, 0.1) is 18.2 Å². The van der Waals surface area contributed by atoms with Crippen LogP contribution in [0, 0.1) is 0 Å². The molecular formula is C15H20BrNO6. The molecule has 0 saturated heterocycles. The van der Waals surface area contributed by atoms with Crippen LogP contribution < -0.4 is 14.8 Å². The lowest BCUT2D eigenvalue weighted by Crippen LogP contribution is -2.41. The zero-order chi connectivity index (χ0) is 17.4. The Hall–Kier alpha value is -1.80. The summed E-state index contributed by atoms with van der Waals surface area (Å²) in [4.78, 5) is 23.5. The highest BCUT2D eigenvalue weighted by Gasteiger charge is 2.22. The number of benzene rings is 1. The summed E-state index contributed by atoms with van der Waals surface area (Å²) in [5, 5.41) is 11.6. The topological polar surface area (TPSA) is 94.1 Å². The van der Waals surface area contributed by atoms with Crippen molar-refractivity contribution < 1.29 is 28.9 Å². The fraction of sp³-hybridized carbons (Fsp3) is 0.467. The molecule has 0 saturated carbocycles. The van der Waals surface area contributed by atoms with Crippen molar-refractivity contribution in [3.05, 3.63) is 22.2 Å². The molecule has 0 fully saturated rings. The summed E-state index contributed by atoms with van der Waals surface area (Å²) < 4.78 is 16.1. The molecule has 0 aromatic heterocycles. The summed E-state index contributed by atoms with van der Waals surface area (Å²) in [6.45, 7) is 2.51. The Kier molecular flexibility index (Phi) is 7.84. The summed E-state index contributed by atoms with van der Waals surface area (Å²) in [7, 11) is 2.93. The minimum Gasteiger partial charge on any atom is -0.493 e. The van der Waals surface area contributed by atoms with E-state index < -0.39 is 17.9 Å². The van der Waals surface area contributed by atoms with Gasteiger partial charge in [0.1, 0.15) is 6.04 Å². The second kappa shape index (κ2) is 9.36. The maximum absolute atomic E-state index is 12.3. The van der Waals surface area contributed by atoms with Crippen LogP contribution in [0.5, 0.6) is 11.5 Å².